The molecular formula is C13H23NO19S3. The average Bonchev–Trinajstić information content (AvgIpc) is 2.68. The third kappa shape index (κ3) is 8.43. The molecule has 2 aliphatic rings. The lowest BCUT2D eigenvalue weighted by atomic mass is 9.93. The molecule has 10 unspecified atom stereocenters. The van der Waals surface area contributed by atoms with Crippen LogP contribution in [-0.4, -0.2) is 133 Å². The first-order chi connectivity index (χ1) is 16.2. The minimum atomic E-state index is -5.43. The van der Waals surface area contributed by atoms with Crippen molar-refractivity contribution < 1.29 is 86.7 Å². The van der Waals surface area contributed by atoms with Crippen LogP contribution in [0.4, 0.5) is 0 Å². The van der Waals surface area contributed by atoms with E-state index in [0.29, 0.717) is 0 Å². The molecule has 23 heteroatoms. The molecule has 2 fully saturated rings. The molecule has 0 aliphatic carbocycles. The second kappa shape index (κ2) is 11.3. The fourth-order valence-corrected chi connectivity index (χ4v) is 4.95. The molecule has 10 atom stereocenters. The van der Waals surface area contributed by atoms with E-state index < -0.39 is 105 Å². The van der Waals surface area contributed by atoms with E-state index in [9.17, 15) is 50.5 Å². The predicted octanol–water partition coefficient (Wildman–Crippen LogP) is -5.18. The topological polar surface area (TPSA) is 319 Å². The average molecular weight is 594 g/mol. The number of carboxylic acids is 1. The van der Waals surface area contributed by atoms with Gasteiger partial charge >= 0.3 is 37.1 Å². The fourth-order valence-electron chi connectivity index (χ4n) is 3.48. The Bertz CT molecular complexity index is 1110. The molecule has 0 bridgehead atoms. The number of nitrogens with one attached hydrogen (secondary N) is 1. The van der Waals surface area contributed by atoms with E-state index in [4.69, 9.17) is 27.9 Å². The molecule has 212 valence electrons. The van der Waals surface area contributed by atoms with Crippen molar-refractivity contribution in [2.45, 2.75) is 68.1 Å². The monoisotopic (exact) mass is 593 g/mol. The molecule has 8 N–H and O–H groups in total. The molecule has 0 aromatic rings. The van der Waals surface area contributed by atoms with Crippen LogP contribution in [-0.2, 0) is 58.5 Å². The number of aliphatic hydroxyl groups excluding tert-OH is 3. The summed E-state index contributed by atoms with van der Waals surface area (Å²) in [6.45, 7) is 0.0121. The van der Waals surface area contributed by atoms with Gasteiger partial charge in [0.2, 0.25) is 0 Å². The number of aliphatic carboxylic acids is 1. The maximum absolute atomic E-state index is 11.4. The summed E-state index contributed by atoms with van der Waals surface area (Å²) in [7, 11) is -15.5. The number of ether oxygens (including phenoxy) is 3. The lowest BCUT2D eigenvalue weighted by molar-refractivity contribution is -0.325. The van der Waals surface area contributed by atoms with E-state index in [1.54, 1.807) is 4.72 Å². The summed E-state index contributed by atoms with van der Waals surface area (Å²) in [5.41, 5.74) is 0. The van der Waals surface area contributed by atoms with Gasteiger partial charge in [0.05, 0.1) is 18.8 Å². The lowest BCUT2D eigenvalue weighted by Crippen LogP contribution is -2.67. The quantitative estimate of drug-likeness (QED) is 0.110. The molecule has 0 aromatic carbocycles. The van der Waals surface area contributed by atoms with Gasteiger partial charge < -0.3 is 34.6 Å². The Morgan fingerprint density at radius 2 is 1.47 bits per heavy atom. The van der Waals surface area contributed by atoms with E-state index in [1.165, 1.54) is 0 Å². The van der Waals surface area contributed by atoms with Crippen LogP contribution in [0.15, 0.2) is 0 Å². The second-order valence-electron chi connectivity index (χ2n) is 7.53. The van der Waals surface area contributed by atoms with Gasteiger partial charge in [-0.25, -0.2) is 13.2 Å². The van der Waals surface area contributed by atoms with Crippen LogP contribution in [0, 0.1) is 0 Å². The van der Waals surface area contributed by atoms with Crippen LogP contribution in [0.3, 0.4) is 0 Å². The van der Waals surface area contributed by atoms with E-state index in [-0.39, 0.29) is 0 Å². The SMILES string of the molecule is CC1OC(COS(=O)(=O)O)C(OC2OC(C(=O)O)C(O)C(O)C2OS(=O)(=O)O)C(O)C1NS(=O)(=O)O. The van der Waals surface area contributed by atoms with Gasteiger partial charge in [-0.05, 0) is 6.92 Å². The Morgan fingerprint density at radius 1 is 0.889 bits per heavy atom. The van der Waals surface area contributed by atoms with Crippen LogP contribution in [0.25, 0.3) is 0 Å². The van der Waals surface area contributed by atoms with Crippen molar-refractivity contribution in [1.82, 2.24) is 4.72 Å². The molecule has 0 radical (unpaired) electrons. The predicted molar refractivity (Wildman–Crippen MR) is 106 cm³/mol. The van der Waals surface area contributed by atoms with Crippen molar-refractivity contribution in [3.63, 3.8) is 0 Å². The summed E-state index contributed by atoms with van der Waals surface area (Å²) in [6, 6.07) is -1.75. The molecule has 2 rings (SSSR count). The highest BCUT2D eigenvalue weighted by molar-refractivity contribution is 7.83. The van der Waals surface area contributed by atoms with Crippen molar-refractivity contribution >= 4 is 37.1 Å². The first-order valence-electron chi connectivity index (χ1n) is 9.46. The van der Waals surface area contributed by atoms with Gasteiger partial charge in [-0.2, -0.15) is 30.0 Å². The van der Waals surface area contributed by atoms with Crippen LogP contribution in [0.5, 0.6) is 0 Å². The Labute approximate surface area is 203 Å². The zero-order valence-corrected chi connectivity index (χ0v) is 20.2. The van der Waals surface area contributed by atoms with Crippen LogP contribution < -0.4 is 4.72 Å². The van der Waals surface area contributed by atoms with E-state index in [0.717, 1.165) is 6.92 Å². The van der Waals surface area contributed by atoms with Crippen molar-refractivity contribution in [2.24, 2.45) is 0 Å². The Hall–Kier alpha value is -1.16. The smallest absolute Gasteiger partial charge is 0.397 e. The summed E-state index contributed by atoms with van der Waals surface area (Å²) in [5, 5.41) is 40.0. The molecule has 0 spiro atoms. The molecular weight excluding hydrogens is 570 g/mol. The lowest BCUT2D eigenvalue weighted by Gasteiger charge is -2.46. The first kappa shape index (κ1) is 31.1. The number of hydrogen-bond donors (Lipinski definition) is 8. The minimum absolute atomic E-state index is 1.13. The van der Waals surface area contributed by atoms with Gasteiger partial charge in [0, 0.05) is 0 Å². The first-order valence-corrected chi connectivity index (χ1v) is 13.6. The van der Waals surface area contributed by atoms with Gasteiger partial charge in [-0.15, -0.1) is 0 Å². The van der Waals surface area contributed by atoms with Gasteiger partial charge in [0.1, 0.15) is 30.5 Å². The number of carbonyl (C=O) groups is 1. The van der Waals surface area contributed by atoms with Crippen LogP contribution in [0.2, 0.25) is 0 Å². The Morgan fingerprint density at radius 3 is 1.94 bits per heavy atom. The third-order valence-corrected chi connectivity index (χ3v) is 6.41. The standard InChI is InChI=1S/C13H23NO19S3/c1-3-5(14-34(20,21)22)6(15)9(4(30-3)2-29-35(23,24)25)31-13-11(33-36(26,27)28)8(17)7(16)10(32-13)12(18)19/h3-11,13-17H,2H2,1H3,(H,18,19)(H,20,21,22)(H,23,24,25)(H,26,27,28). The molecule has 2 heterocycles. The van der Waals surface area contributed by atoms with Crippen molar-refractivity contribution in [3.05, 3.63) is 0 Å². The zero-order valence-electron chi connectivity index (χ0n) is 17.7. The third-order valence-electron chi connectivity index (χ3n) is 4.95. The Balaban J connectivity index is 2.46. The summed E-state index contributed by atoms with van der Waals surface area (Å²) in [5.74, 6) is -1.90. The van der Waals surface area contributed by atoms with E-state index >= 15 is 0 Å². The molecule has 2 saturated heterocycles. The van der Waals surface area contributed by atoms with Crippen LogP contribution in [0.1, 0.15) is 6.92 Å². The molecule has 0 amide bonds. The maximum atomic E-state index is 11.4. The normalized spacial score (nSPS) is 38.5. The van der Waals surface area contributed by atoms with Crippen molar-refractivity contribution in [1.29, 1.82) is 0 Å². The fraction of sp³-hybridized carbons (Fsp3) is 0.923. The molecule has 2 aliphatic heterocycles. The minimum Gasteiger partial charge on any atom is -0.479 e. The molecule has 0 aromatic heterocycles. The Kier molecular flexibility index (Phi) is 9.75. The van der Waals surface area contributed by atoms with E-state index in [1.807, 2.05) is 0 Å². The zero-order chi connectivity index (χ0) is 27.8. The van der Waals surface area contributed by atoms with Gasteiger partial charge in [-0.3, -0.25) is 13.7 Å². The van der Waals surface area contributed by atoms with Gasteiger partial charge in [0.25, 0.3) is 0 Å². The highest BCUT2D eigenvalue weighted by Crippen LogP contribution is 2.31. The van der Waals surface area contributed by atoms with Crippen molar-refractivity contribution in [3.8, 4) is 0 Å². The van der Waals surface area contributed by atoms with E-state index in [2.05, 4.69) is 8.37 Å². The second-order valence-corrected chi connectivity index (χ2v) is 10.9. The molecule has 36 heavy (non-hydrogen) atoms. The number of hydrogen-bond acceptors (Lipinski definition) is 15. The van der Waals surface area contributed by atoms with Gasteiger partial charge in [-0.1, -0.05) is 0 Å². The highest BCUT2D eigenvalue weighted by Gasteiger charge is 2.54. The van der Waals surface area contributed by atoms with Gasteiger partial charge in [0.15, 0.2) is 18.5 Å². The summed E-state index contributed by atoms with van der Waals surface area (Å²) in [4.78, 5) is 11.4. The summed E-state index contributed by atoms with van der Waals surface area (Å²) < 4.78 is 119. The molecule has 20 nitrogen and oxygen atoms in total. The molecule has 0 saturated carbocycles. The summed E-state index contributed by atoms with van der Waals surface area (Å²) in [6.07, 6.45) is -19.2. The number of rotatable bonds is 10. The number of carboxylic acid groups (broad SMARTS) is 1. The van der Waals surface area contributed by atoms with Crippen LogP contribution >= 0.6 is 0 Å². The largest absolute Gasteiger partial charge is 0.479 e. The summed E-state index contributed by atoms with van der Waals surface area (Å²) >= 11 is 0. The highest BCUT2D eigenvalue weighted by atomic mass is 32.3. The maximum Gasteiger partial charge on any atom is 0.397 e. The number of aliphatic hydroxyl groups is 3. The van der Waals surface area contributed by atoms with Crippen molar-refractivity contribution in [2.75, 3.05) is 6.61 Å².